The fourth-order valence-corrected chi connectivity index (χ4v) is 1.67. The maximum absolute atomic E-state index is 13.2. The van der Waals surface area contributed by atoms with E-state index in [4.69, 9.17) is 17.3 Å². The first-order valence-corrected chi connectivity index (χ1v) is 5.37. The van der Waals surface area contributed by atoms with Crippen molar-refractivity contribution < 1.29 is 4.39 Å². The first-order valence-electron chi connectivity index (χ1n) is 5.00. The maximum Gasteiger partial charge on any atom is 0.153 e. The van der Waals surface area contributed by atoms with Crippen LogP contribution in [-0.4, -0.2) is 4.98 Å². The van der Waals surface area contributed by atoms with Gasteiger partial charge < -0.3 is 11.1 Å². The monoisotopic (exact) mass is 251 g/mol. The molecule has 0 fully saturated rings. The van der Waals surface area contributed by atoms with Gasteiger partial charge in [-0.15, -0.1) is 0 Å². The van der Waals surface area contributed by atoms with E-state index in [9.17, 15) is 4.39 Å². The zero-order valence-corrected chi connectivity index (χ0v) is 9.92. The fraction of sp³-hybridized carbons (Fsp3) is 0.0833. The van der Waals surface area contributed by atoms with Crippen molar-refractivity contribution in [3.8, 4) is 0 Å². The highest BCUT2D eigenvalue weighted by Gasteiger charge is 2.04. The summed E-state index contributed by atoms with van der Waals surface area (Å²) in [7, 11) is 0. The molecule has 2 rings (SSSR count). The summed E-state index contributed by atoms with van der Waals surface area (Å²) < 4.78 is 13.2. The van der Waals surface area contributed by atoms with Crippen LogP contribution in [0.25, 0.3) is 0 Å². The van der Waals surface area contributed by atoms with Gasteiger partial charge in [-0.1, -0.05) is 11.6 Å². The van der Waals surface area contributed by atoms with E-state index in [1.54, 1.807) is 12.1 Å². The van der Waals surface area contributed by atoms with E-state index in [1.807, 2.05) is 6.92 Å². The molecular weight excluding hydrogens is 241 g/mol. The van der Waals surface area contributed by atoms with Crippen LogP contribution in [0.1, 0.15) is 5.56 Å². The first-order chi connectivity index (χ1) is 8.04. The molecule has 0 amide bonds. The minimum Gasteiger partial charge on any atom is -0.396 e. The lowest BCUT2D eigenvalue weighted by Gasteiger charge is -2.09. The molecule has 2 aromatic rings. The second kappa shape index (κ2) is 4.59. The molecule has 0 aliphatic heterocycles. The number of benzene rings is 1. The summed E-state index contributed by atoms with van der Waals surface area (Å²) in [4.78, 5) is 4.04. The van der Waals surface area contributed by atoms with Gasteiger partial charge >= 0.3 is 0 Å². The van der Waals surface area contributed by atoms with Crippen LogP contribution in [0.3, 0.4) is 0 Å². The average molecular weight is 252 g/mol. The third kappa shape index (κ3) is 2.85. The molecule has 0 bridgehead atoms. The topological polar surface area (TPSA) is 50.9 Å². The summed E-state index contributed by atoms with van der Waals surface area (Å²) in [5, 5.41) is 3.41. The van der Waals surface area contributed by atoms with Crippen molar-refractivity contribution in [3.63, 3.8) is 0 Å². The third-order valence-corrected chi connectivity index (χ3v) is 2.40. The molecule has 0 spiro atoms. The van der Waals surface area contributed by atoms with Gasteiger partial charge in [0.2, 0.25) is 0 Å². The van der Waals surface area contributed by atoms with E-state index in [0.717, 1.165) is 5.56 Å². The summed E-state index contributed by atoms with van der Waals surface area (Å²) in [6.07, 6.45) is 1.48. The van der Waals surface area contributed by atoms with Gasteiger partial charge in [-0.25, -0.2) is 9.37 Å². The van der Waals surface area contributed by atoms with Gasteiger partial charge in [-0.3, -0.25) is 0 Å². The van der Waals surface area contributed by atoms with Gasteiger partial charge in [0, 0.05) is 11.9 Å². The summed E-state index contributed by atoms with van der Waals surface area (Å²) in [6.45, 7) is 1.81. The van der Waals surface area contributed by atoms with Crippen molar-refractivity contribution in [2.45, 2.75) is 6.92 Å². The highest BCUT2D eigenvalue weighted by molar-refractivity contribution is 6.30. The number of nitrogen functional groups attached to an aromatic ring is 1. The van der Waals surface area contributed by atoms with E-state index in [-0.39, 0.29) is 5.82 Å². The van der Waals surface area contributed by atoms with E-state index in [1.165, 1.54) is 18.3 Å². The normalized spacial score (nSPS) is 10.3. The molecular formula is C12H11ClFN3. The lowest BCUT2D eigenvalue weighted by atomic mass is 10.2. The summed E-state index contributed by atoms with van der Waals surface area (Å²) >= 11 is 5.74. The van der Waals surface area contributed by atoms with Crippen LogP contribution >= 0.6 is 11.6 Å². The Morgan fingerprint density at radius 1 is 1.29 bits per heavy atom. The summed E-state index contributed by atoms with van der Waals surface area (Å²) in [5.41, 5.74) is 7.58. The Kier molecular flexibility index (Phi) is 3.15. The molecule has 1 aromatic carbocycles. The molecule has 0 unspecified atom stereocenters. The van der Waals surface area contributed by atoms with E-state index >= 15 is 0 Å². The van der Waals surface area contributed by atoms with Crippen LogP contribution in [0, 0.1) is 12.7 Å². The highest BCUT2D eigenvalue weighted by Crippen LogP contribution is 2.24. The Balaban J connectivity index is 2.31. The van der Waals surface area contributed by atoms with Crippen molar-refractivity contribution in [1.29, 1.82) is 0 Å². The Morgan fingerprint density at radius 2 is 2.06 bits per heavy atom. The molecule has 0 radical (unpaired) electrons. The van der Waals surface area contributed by atoms with Crippen molar-refractivity contribution in [1.82, 2.24) is 4.98 Å². The highest BCUT2D eigenvalue weighted by atomic mass is 35.5. The van der Waals surface area contributed by atoms with Crippen LogP contribution in [0.15, 0.2) is 30.5 Å². The van der Waals surface area contributed by atoms with Gasteiger partial charge in [-0.2, -0.15) is 0 Å². The number of hydrogen-bond donors (Lipinski definition) is 2. The lowest BCUT2D eigenvalue weighted by Crippen LogP contribution is -1.99. The lowest BCUT2D eigenvalue weighted by molar-refractivity contribution is 0.627. The number of hydrogen-bond acceptors (Lipinski definition) is 3. The second-order valence-corrected chi connectivity index (χ2v) is 4.17. The standard InChI is InChI=1S/C12H11ClFN3/c1-7-2-9(14)5-10(3-7)17-12-11(15)4-8(13)6-16-12/h2-6H,15H2,1H3,(H,16,17). The van der Waals surface area contributed by atoms with Gasteiger partial charge in [0.05, 0.1) is 10.7 Å². The SMILES string of the molecule is Cc1cc(F)cc(Nc2ncc(Cl)cc2N)c1. The van der Waals surface area contributed by atoms with E-state index < -0.39 is 0 Å². The van der Waals surface area contributed by atoms with Crippen molar-refractivity contribution >= 4 is 28.8 Å². The molecule has 88 valence electrons. The molecule has 0 atom stereocenters. The molecule has 1 heterocycles. The fourth-order valence-electron chi connectivity index (χ4n) is 1.50. The molecule has 0 aliphatic rings. The number of aromatic nitrogens is 1. The minimum absolute atomic E-state index is 0.306. The molecule has 5 heteroatoms. The number of rotatable bonds is 2. The number of aryl methyl sites for hydroxylation is 1. The smallest absolute Gasteiger partial charge is 0.153 e. The largest absolute Gasteiger partial charge is 0.396 e. The average Bonchev–Trinajstić information content (AvgIpc) is 2.21. The zero-order chi connectivity index (χ0) is 12.4. The Morgan fingerprint density at radius 3 is 2.71 bits per heavy atom. The Hall–Kier alpha value is -1.81. The van der Waals surface area contributed by atoms with Crippen molar-refractivity contribution in [2.75, 3.05) is 11.1 Å². The zero-order valence-electron chi connectivity index (χ0n) is 9.17. The second-order valence-electron chi connectivity index (χ2n) is 3.73. The molecule has 1 aromatic heterocycles. The quantitative estimate of drug-likeness (QED) is 0.859. The van der Waals surface area contributed by atoms with Crippen LogP contribution in [0.4, 0.5) is 21.6 Å². The number of nitrogens with zero attached hydrogens (tertiary/aromatic N) is 1. The molecule has 0 saturated heterocycles. The van der Waals surface area contributed by atoms with E-state index in [2.05, 4.69) is 10.3 Å². The van der Waals surface area contributed by atoms with Gasteiger partial charge in [0.25, 0.3) is 0 Å². The maximum atomic E-state index is 13.2. The van der Waals surface area contributed by atoms with Crippen LogP contribution in [0.5, 0.6) is 0 Å². The number of anilines is 3. The first kappa shape index (κ1) is 11.7. The predicted octanol–water partition coefficient (Wildman–Crippen LogP) is 3.51. The van der Waals surface area contributed by atoms with Gasteiger partial charge in [0.15, 0.2) is 5.82 Å². The van der Waals surface area contributed by atoms with E-state index in [0.29, 0.717) is 22.2 Å². The van der Waals surface area contributed by atoms with Crippen LogP contribution in [-0.2, 0) is 0 Å². The Labute approximate surface area is 103 Å². The van der Waals surface area contributed by atoms with Crippen LogP contribution in [0.2, 0.25) is 5.02 Å². The molecule has 0 saturated carbocycles. The number of halogens is 2. The number of nitrogens with one attached hydrogen (secondary N) is 1. The van der Waals surface area contributed by atoms with Crippen molar-refractivity contribution in [3.05, 3.63) is 46.9 Å². The molecule has 0 aliphatic carbocycles. The Bertz CT molecular complexity index is 537. The molecule has 3 nitrogen and oxygen atoms in total. The van der Waals surface area contributed by atoms with Gasteiger partial charge in [-0.05, 0) is 36.8 Å². The molecule has 3 N–H and O–H groups in total. The van der Waals surface area contributed by atoms with Crippen LogP contribution < -0.4 is 11.1 Å². The predicted molar refractivity (Wildman–Crippen MR) is 68.1 cm³/mol. The minimum atomic E-state index is -0.306. The summed E-state index contributed by atoms with van der Waals surface area (Å²) in [5.74, 6) is 0.152. The van der Waals surface area contributed by atoms with Gasteiger partial charge in [0.1, 0.15) is 5.82 Å². The number of nitrogens with two attached hydrogens (primary N) is 1. The molecule has 17 heavy (non-hydrogen) atoms. The third-order valence-electron chi connectivity index (χ3n) is 2.19. The number of pyridine rings is 1. The summed E-state index contributed by atoms with van der Waals surface area (Å²) in [6, 6.07) is 6.22. The van der Waals surface area contributed by atoms with Crippen molar-refractivity contribution in [2.24, 2.45) is 0 Å².